The minimum absolute atomic E-state index is 0.0110. The number of pyridine rings is 1. The number of hydrogen-bond donors (Lipinski definition) is 2. The van der Waals surface area contributed by atoms with Crippen LogP contribution in [0.3, 0.4) is 0 Å². The summed E-state index contributed by atoms with van der Waals surface area (Å²) in [6.07, 6.45) is 2.70. The van der Waals surface area contributed by atoms with E-state index in [-0.39, 0.29) is 22.9 Å². The lowest BCUT2D eigenvalue weighted by molar-refractivity contribution is 0.0898. The second-order valence-corrected chi connectivity index (χ2v) is 7.47. The van der Waals surface area contributed by atoms with Gasteiger partial charge in [-0.1, -0.05) is 19.9 Å². The molecule has 0 radical (unpaired) electrons. The fourth-order valence-electron chi connectivity index (χ4n) is 3.39. The van der Waals surface area contributed by atoms with Gasteiger partial charge in [-0.15, -0.1) is 5.10 Å². The van der Waals surface area contributed by atoms with Gasteiger partial charge in [-0.25, -0.2) is 0 Å². The number of carbonyl (C=O) groups is 2. The zero-order chi connectivity index (χ0) is 19.2. The van der Waals surface area contributed by atoms with Gasteiger partial charge in [-0.05, 0) is 24.5 Å². The van der Waals surface area contributed by atoms with E-state index in [1.165, 1.54) is 0 Å². The summed E-state index contributed by atoms with van der Waals surface area (Å²) in [4.78, 5) is 33.5. The molecular weight excluding hydrogens is 346 g/mol. The van der Waals surface area contributed by atoms with Crippen LogP contribution in [0.15, 0.2) is 28.8 Å². The average Bonchev–Trinajstić information content (AvgIpc) is 3.19. The van der Waals surface area contributed by atoms with E-state index in [2.05, 4.69) is 25.5 Å². The van der Waals surface area contributed by atoms with E-state index < -0.39 is 5.91 Å². The zero-order valence-electron chi connectivity index (χ0n) is 15.3. The van der Waals surface area contributed by atoms with Crippen LogP contribution in [0.5, 0.6) is 0 Å². The quantitative estimate of drug-likeness (QED) is 0.737. The molecule has 0 atom stereocenters. The molecule has 0 unspecified atom stereocenters. The van der Waals surface area contributed by atoms with Gasteiger partial charge in [0.25, 0.3) is 5.91 Å². The van der Waals surface area contributed by atoms with Gasteiger partial charge in [0.05, 0.1) is 5.56 Å². The lowest BCUT2D eigenvalue weighted by Gasteiger charge is -2.27. The maximum absolute atomic E-state index is 12.6. The molecule has 4 rings (SSSR count). The summed E-state index contributed by atoms with van der Waals surface area (Å²) in [5.41, 5.74) is 1.53. The molecule has 1 aliphatic rings. The van der Waals surface area contributed by atoms with Crippen molar-refractivity contribution in [3.8, 4) is 11.5 Å². The van der Waals surface area contributed by atoms with Gasteiger partial charge in [0.1, 0.15) is 11.5 Å². The van der Waals surface area contributed by atoms with Gasteiger partial charge < -0.3 is 4.42 Å². The Bertz CT molecular complexity index is 1030. The Balaban J connectivity index is 1.58. The number of hydrogen-bond acceptors (Lipinski definition) is 6. The smallest absolute Gasteiger partial charge is 0.294 e. The van der Waals surface area contributed by atoms with Crippen LogP contribution in [0.25, 0.3) is 11.5 Å². The first-order chi connectivity index (χ1) is 12.8. The molecule has 0 fully saturated rings. The van der Waals surface area contributed by atoms with E-state index in [1.807, 2.05) is 19.9 Å². The molecule has 0 aromatic carbocycles. The molecule has 3 aromatic heterocycles. The summed E-state index contributed by atoms with van der Waals surface area (Å²) in [5.74, 6) is 0.772. The van der Waals surface area contributed by atoms with Crippen molar-refractivity contribution in [2.24, 2.45) is 5.41 Å². The number of Topliss-reactive ketones (excluding diaryl/α,β-unsaturated/α-hetero) is 1. The van der Waals surface area contributed by atoms with E-state index in [0.29, 0.717) is 41.2 Å². The van der Waals surface area contributed by atoms with Crippen molar-refractivity contribution in [2.75, 3.05) is 5.32 Å². The topological polar surface area (TPSA) is 114 Å². The van der Waals surface area contributed by atoms with E-state index in [0.717, 1.165) is 0 Å². The highest BCUT2D eigenvalue weighted by Gasteiger charge is 2.37. The van der Waals surface area contributed by atoms with Crippen LogP contribution in [-0.4, -0.2) is 31.9 Å². The van der Waals surface area contributed by atoms with Crippen molar-refractivity contribution in [2.45, 2.75) is 33.6 Å². The minimum Gasteiger partial charge on any atom is -0.455 e. The van der Waals surface area contributed by atoms with Crippen LogP contribution >= 0.6 is 0 Å². The number of ketones is 1. The fraction of sp³-hybridized carbons (Fsp3) is 0.316. The van der Waals surface area contributed by atoms with Crippen molar-refractivity contribution in [1.29, 1.82) is 0 Å². The Morgan fingerprint density at radius 1 is 1.30 bits per heavy atom. The summed E-state index contributed by atoms with van der Waals surface area (Å²) >= 11 is 0. The molecule has 0 spiro atoms. The number of aromatic amines is 1. The SMILES string of the molecule is Cc1c(C(=O)Nc2n[nH]c(-c3ccccn3)n2)oc2c1C(=O)CC(C)(C)C2. The van der Waals surface area contributed by atoms with Crippen LogP contribution in [0.2, 0.25) is 0 Å². The lowest BCUT2D eigenvalue weighted by Crippen LogP contribution is -2.26. The maximum Gasteiger partial charge on any atom is 0.294 e. The van der Waals surface area contributed by atoms with Crippen molar-refractivity contribution in [3.63, 3.8) is 0 Å². The predicted molar refractivity (Wildman–Crippen MR) is 97.4 cm³/mol. The number of amides is 1. The summed E-state index contributed by atoms with van der Waals surface area (Å²) in [6, 6.07) is 5.41. The maximum atomic E-state index is 12.6. The van der Waals surface area contributed by atoms with Gasteiger partial charge >= 0.3 is 0 Å². The second kappa shape index (κ2) is 6.15. The molecule has 27 heavy (non-hydrogen) atoms. The first-order valence-electron chi connectivity index (χ1n) is 8.65. The molecule has 1 amide bonds. The Labute approximate surface area is 155 Å². The number of rotatable bonds is 3. The molecule has 3 heterocycles. The second-order valence-electron chi connectivity index (χ2n) is 7.47. The molecule has 1 aliphatic carbocycles. The summed E-state index contributed by atoms with van der Waals surface area (Å²) < 4.78 is 5.76. The van der Waals surface area contributed by atoms with Crippen molar-refractivity contribution in [1.82, 2.24) is 20.2 Å². The normalized spacial score (nSPS) is 15.4. The number of anilines is 1. The molecule has 8 heteroatoms. The van der Waals surface area contributed by atoms with Gasteiger partial charge in [-0.2, -0.15) is 4.98 Å². The highest BCUT2D eigenvalue weighted by atomic mass is 16.4. The molecule has 3 aromatic rings. The number of nitrogens with one attached hydrogen (secondary N) is 2. The van der Waals surface area contributed by atoms with Gasteiger partial charge in [0.15, 0.2) is 17.4 Å². The number of carbonyl (C=O) groups excluding carboxylic acids is 2. The van der Waals surface area contributed by atoms with Crippen LogP contribution < -0.4 is 5.32 Å². The predicted octanol–water partition coefficient (Wildman–Crippen LogP) is 3.18. The van der Waals surface area contributed by atoms with E-state index in [4.69, 9.17) is 4.42 Å². The Morgan fingerprint density at radius 2 is 2.11 bits per heavy atom. The van der Waals surface area contributed by atoms with Crippen LogP contribution in [0.1, 0.15) is 52.5 Å². The molecule has 138 valence electrons. The molecule has 2 N–H and O–H groups in total. The molecule has 0 aliphatic heterocycles. The van der Waals surface area contributed by atoms with Gasteiger partial charge in [0.2, 0.25) is 5.95 Å². The van der Waals surface area contributed by atoms with E-state index in [9.17, 15) is 9.59 Å². The number of nitrogens with zero attached hydrogens (tertiary/aromatic N) is 3. The molecule has 8 nitrogen and oxygen atoms in total. The largest absolute Gasteiger partial charge is 0.455 e. The van der Waals surface area contributed by atoms with Gasteiger partial charge in [0, 0.05) is 24.6 Å². The van der Waals surface area contributed by atoms with Crippen LogP contribution in [0, 0.1) is 12.3 Å². The highest BCUT2D eigenvalue weighted by Crippen LogP contribution is 2.38. The zero-order valence-corrected chi connectivity index (χ0v) is 15.3. The first-order valence-corrected chi connectivity index (χ1v) is 8.65. The Kier molecular flexibility index (Phi) is 3.91. The molecule has 0 bridgehead atoms. The van der Waals surface area contributed by atoms with Crippen molar-refractivity contribution in [3.05, 3.63) is 47.0 Å². The van der Waals surface area contributed by atoms with Crippen molar-refractivity contribution >= 4 is 17.6 Å². The molecular formula is C19H19N5O3. The van der Waals surface area contributed by atoms with Crippen LogP contribution in [-0.2, 0) is 6.42 Å². The average molecular weight is 365 g/mol. The molecule has 0 saturated carbocycles. The van der Waals surface area contributed by atoms with Gasteiger partial charge in [-0.3, -0.25) is 25.0 Å². The van der Waals surface area contributed by atoms with Crippen molar-refractivity contribution < 1.29 is 14.0 Å². The molecule has 0 saturated heterocycles. The third kappa shape index (κ3) is 3.14. The third-order valence-electron chi connectivity index (χ3n) is 4.60. The number of H-pyrrole nitrogens is 1. The van der Waals surface area contributed by atoms with E-state index in [1.54, 1.807) is 25.3 Å². The number of furan rings is 1. The lowest BCUT2D eigenvalue weighted by atomic mass is 9.76. The highest BCUT2D eigenvalue weighted by molar-refractivity contribution is 6.07. The fourth-order valence-corrected chi connectivity index (χ4v) is 3.39. The van der Waals surface area contributed by atoms with Crippen LogP contribution in [0.4, 0.5) is 5.95 Å². The number of fused-ring (bicyclic) bond motifs is 1. The summed E-state index contributed by atoms with van der Waals surface area (Å²) in [7, 11) is 0. The Hall–Kier alpha value is -3.29. The monoisotopic (exact) mass is 365 g/mol. The standard InChI is InChI=1S/C19H19N5O3/c1-10-14-12(25)8-19(2,3)9-13(14)27-15(10)17(26)22-18-21-16(23-24-18)11-6-4-5-7-20-11/h4-7H,8-9H2,1-3H3,(H2,21,22,23,24,26). The number of aromatic nitrogens is 4. The summed E-state index contributed by atoms with van der Waals surface area (Å²) in [5, 5.41) is 9.34. The van der Waals surface area contributed by atoms with E-state index >= 15 is 0 Å². The third-order valence-corrected chi connectivity index (χ3v) is 4.60. The minimum atomic E-state index is -0.487. The first kappa shape index (κ1) is 17.1. The Morgan fingerprint density at radius 3 is 2.85 bits per heavy atom. The summed E-state index contributed by atoms with van der Waals surface area (Å²) in [6.45, 7) is 5.75.